The fraction of sp³-hybridized carbons (Fsp3) is 0.333. The molecular formula is C21H19F3N2O2. The minimum Gasteiger partial charge on any atom is -0.440 e. The molecule has 2 heterocycles. The molecular weight excluding hydrogens is 369 g/mol. The highest BCUT2D eigenvalue weighted by atomic mass is 19.4. The molecule has 0 aliphatic carbocycles. The predicted molar refractivity (Wildman–Crippen MR) is 97.7 cm³/mol. The van der Waals surface area contributed by atoms with Crippen molar-refractivity contribution in [3.63, 3.8) is 0 Å². The van der Waals surface area contributed by atoms with Crippen molar-refractivity contribution in [3.8, 4) is 0 Å². The van der Waals surface area contributed by atoms with E-state index in [0.29, 0.717) is 30.1 Å². The minimum absolute atomic E-state index is 0.00777. The Kier molecular flexibility index (Phi) is 4.83. The van der Waals surface area contributed by atoms with Crippen LogP contribution >= 0.6 is 0 Å². The largest absolute Gasteiger partial charge is 0.440 e. The summed E-state index contributed by atoms with van der Waals surface area (Å²) in [5.41, 5.74) is 1.12. The highest BCUT2D eigenvalue weighted by Crippen LogP contribution is 2.31. The first kappa shape index (κ1) is 18.5. The minimum atomic E-state index is -4.41. The maximum Gasteiger partial charge on any atom is 0.416 e. The van der Waals surface area contributed by atoms with Gasteiger partial charge in [0.2, 0.25) is 5.91 Å². The van der Waals surface area contributed by atoms with Crippen molar-refractivity contribution in [3.05, 3.63) is 65.5 Å². The first-order valence-corrected chi connectivity index (χ1v) is 9.19. The molecule has 1 atom stereocenters. The Balaban J connectivity index is 1.46. The van der Waals surface area contributed by atoms with E-state index in [1.165, 1.54) is 6.07 Å². The molecule has 1 unspecified atom stereocenters. The number of nitrogens with zero attached hydrogens (tertiary/aromatic N) is 2. The van der Waals surface area contributed by atoms with Crippen LogP contribution in [0.3, 0.4) is 0 Å². The normalized spacial score (nSPS) is 17.8. The molecule has 1 fully saturated rings. The van der Waals surface area contributed by atoms with Crippen molar-refractivity contribution >= 4 is 17.0 Å². The Morgan fingerprint density at radius 2 is 2.00 bits per heavy atom. The molecule has 7 heteroatoms. The quantitative estimate of drug-likeness (QED) is 0.648. The van der Waals surface area contributed by atoms with Crippen molar-refractivity contribution in [1.29, 1.82) is 0 Å². The first-order chi connectivity index (χ1) is 13.4. The molecule has 0 bridgehead atoms. The Bertz CT molecular complexity index is 963. The number of carbonyl (C=O) groups is 1. The highest BCUT2D eigenvalue weighted by Gasteiger charge is 2.31. The van der Waals surface area contributed by atoms with Crippen LogP contribution < -0.4 is 0 Å². The number of fused-ring (bicyclic) bond motifs is 1. The van der Waals surface area contributed by atoms with Gasteiger partial charge in [-0.05, 0) is 36.6 Å². The van der Waals surface area contributed by atoms with Gasteiger partial charge in [-0.2, -0.15) is 13.2 Å². The topological polar surface area (TPSA) is 46.3 Å². The summed E-state index contributed by atoms with van der Waals surface area (Å²) in [4.78, 5) is 18.9. The molecule has 3 aromatic rings. The van der Waals surface area contributed by atoms with Crippen molar-refractivity contribution in [2.75, 3.05) is 13.1 Å². The Hall–Kier alpha value is -2.83. The molecule has 0 radical (unpaired) electrons. The maximum atomic E-state index is 12.9. The van der Waals surface area contributed by atoms with Gasteiger partial charge in [-0.15, -0.1) is 0 Å². The summed E-state index contributed by atoms with van der Waals surface area (Å²) in [5.74, 6) is 0.421. The van der Waals surface area contributed by atoms with Gasteiger partial charge in [0.1, 0.15) is 5.52 Å². The highest BCUT2D eigenvalue weighted by molar-refractivity contribution is 5.79. The Morgan fingerprint density at radius 1 is 1.18 bits per heavy atom. The van der Waals surface area contributed by atoms with Gasteiger partial charge in [0.05, 0.1) is 17.9 Å². The van der Waals surface area contributed by atoms with E-state index in [1.54, 1.807) is 11.0 Å². The summed E-state index contributed by atoms with van der Waals surface area (Å²) in [7, 11) is 0. The van der Waals surface area contributed by atoms with Crippen molar-refractivity contribution in [2.45, 2.75) is 31.4 Å². The van der Waals surface area contributed by atoms with E-state index in [4.69, 9.17) is 4.42 Å². The number of hydrogen-bond acceptors (Lipinski definition) is 3. The van der Waals surface area contributed by atoms with Crippen LogP contribution in [0.1, 0.15) is 35.8 Å². The molecule has 0 saturated carbocycles. The molecule has 1 amide bonds. The SMILES string of the molecule is O=C(Cc1cccc(C(F)(F)F)c1)N1CCCC(c2nc3ccccc3o2)C1. The van der Waals surface area contributed by atoms with Crippen LogP contribution in [0, 0.1) is 0 Å². The number of aromatic nitrogens is 1. The molecule has 1 aliphatic rings. The van der Waals surface area contributed by atoms with Crippen LogP contribution in [0.5, 0.6) is 0 Å². The fourth-order valence-corrected chi connectivity index (χ4v) is 3.61. The number of halogens is 3. The first-order valence-electron chi connectivity index (χ1n) is 9.19. The molecule has 146 valence electrons. The van der Waals surface area contributed by atoms with E-state index in [2.05, 4.69) is 4.98 Å². The van der Waals surface area contributed by atoms with Gasteiger partial charge in [0.25, 0.3) is 0 Å². The number of amides is 1. The molecule has 2 aromatic carbocycles. The number of piperidine rings is 1. The zero-order chi connectivity index (χ0) is 19.7. The average Bonchev–Trinajstić information content (AvgIpc) is 3.12. The van der Waals surface area contributed by atoms with Gasteiger partial charge >= 0.3 is 6.18 Å². The van der Waals surface area contributed by atoms with E-state index >= 15 is 0 Å². The number of alkyl halides is 3. The van der Waals surface area contributed by atoms with Gasteiger partial charge in [0, 0.05) is 13.1 Å². The summed E-state index contributed by atoms with van der Waals surface area (Å²) in [6.45, 7) is 1.05. The number of oxazole rings is 1. The molecule has 4 nitrogen and oxygen atoms in total. The summed E-state index contributed by atoms with van der Waals surface area (Å²) in [6.07, 6.45) is -2.80. The van der Waals surface area contributed by atoms with E-state index in [-0.39, 0.29) is 18.2 Å². The van der Waals surface area contributed by atoms with E-state index in [9.17, 15) is 18.0 Å². The van der Waals surface area contributed by atoms with Gasteiger partial charge in [-0.25, -0.2) is 4.98 Å². The zero-order valence-corrected chi connectivity index (χ0v) is 15.1. The number of carbonyl (C=O) groups excluding carboxylic acids is 1. The Morgan fingerprint density at radius 3 is 2.79 bits per heavy atom. The molecule has 28 heavy (non-hydrogen) atoms. The van der Waals surface area contributed by atoms with Crippen molar-refractivity contribution < 1.29 is 22.4 Å². The van der Waals surface area contributed by atoms with Gasteiger partial charge in [-0.3, -0.25) is 4.79 Å². The van der Waals surface area contributed by atoms with E-state index < -0.39 is 11.7 Å². The molecule has 1 aliphatic heterocycles. The average molecular weight is 388 g/mol. The lowest BCUT2D eigenvalue weighted by Gasteiger charge is -2.31. The number of benzene rings is 2. The summed E-state index contributed by atoms with van der Waals surface area (Å²) in [5, 5.41) is 0. The second-order valence-electron chi connectivity index (χ2n) is 7.07. The van der Waals surface area contributed by atoms with Gasteiger partial charge in [0.15, 0.2) is 11.5 Å². The van der Waals surface area contributed by atoms with Gasteiger partial charge in [-0.1, -0.05) is 30.3 Å². The second kappa shape index (κ2) is 7.30. The lowest BCUT2D eigenvalue weighted by atomic mass is 9.97. The molecule has 0 spiro atoms. The van der Waals surface area contributed by atoms with Crippen molar-refractivity contribution in [1.82, 2.24) is 9.88 Å². The van der Waals surface area contributed by atoms with Crippen LogP contribution in [-0.2, 0) is 17.4 Å². The smallest absolute Gasteiger partial charge is 0.416 e. The van der Waals surface area contributed by atoms with Crippen molar-refractivity contribution in [2.24, 2.45) is 0 Å². The number of likely N-dealkylation sites (tertiary alicyclic amines) is 1. The summed E-state index contributed by atoms with van der Waals surface area (Å²) >= 11 is 0. The molecule has 1 aromatic heterocycles. The third-order valence-electron chi connectivity index (χ3n) is 5.04. The second-order valence-corrected chi connectivity index (χ2v) is 7.07. The van der Waals surface area contributed by atoms with Crippen LogP contribution in [0.4, 0.5) is 13.2 Å². The van der Waals surface area contributed by atoms with E-state index in [1.807, 2.05) is 24.3 Å². The Labute approximate surface area is 160 Å². The standard InChI is InChI=1S/C21H19F3N2O2/c22-21(23,24)16-7-3-5-14(11-16)12-19(27)26-10-4-6-15(13-26)20-25-17-8-1-2-9-18(17)28-20/h1-3,5,7-9,11,15H,4,6,10,12-13H2. The summed E-state index contributed by atoms with van der Waals surface area (Å²) < 4.78 is 44.5. The maximum absolute atomic E-state index is 12.9. The third-order valence-corrected chi connectivity index (χ3v) is 5.04. The third kappa shape index (κ3) is 3.88. The van der Waals surface area contributed by atoms with Crippen LogP contribution in [0.15, 0.2) is 52.9 Å². The van der Waals surface area contributed by atoms with Crippen LogP contribution in [0.2, 0.25) is 0 Å². The lowest BCUT2D eigenvalue weighted by Crippen LogP contribution is -2.40. The zero-order valence-electron chi connectivity index (χ0n) is 15.1. The predicted octanol–water partition coefficient (Wildman–Crippen LogP) is 4.80. The van der Waals surface area contributed by atoms with E-state index in [0.717, 1.165) is 30.5 Å². The monoisotopic (exact) mass is 388 g/mol. The number of para-hydroxylation sites is 2. The fourth-order valence-electron chi connectivity index (χ4n) is 3.61. The molecule has 4 rings (SSSR count). The van der Waals surface area contributed by atoms with Crippen LogP contribution in [0.25, 0.3) is 11.1 Å². The lowest BCUT2D eigenvalue weighted by molar-refractivity contribution is -0.138. The molecule has 1 saturated heterocycles. The van der Waals surface area contributed by atoms with Crippen LogP contribution in [-0.4, -0.2) is 28.9 Å². The molecule has 0 N–H and O–H groups in total. The number of rotatable bonds is 3. The number of hydrogen-bond donors (Lipinski definition) is 0. The summed E-state index contributed by atoms with van der Waals surface area (Å²) in [6, 6.07) is 12.4. The van der Waals surface area contributed by atoms with Gasteiger partial charge < -0.3 is 9.32 Å².